The molecule has 0 fully saturated rings. The third kappa shape index (κ3) is 3.65. The number of hydroxylamine groups is 2. The van der Waals surface area contributed by atoms with Crippen LogP contribution in [0.5, 0.6) is 0 Å². The van der Waals surface area contributed by atoms with Crippen molar-refractivity contribution in [1.82, 2.24) is 5.06 Å². The predicted octanol–water partition coefficient (Wildman–Crippen LogP) is 3.37. The van der Waals surface area contributed by atoms with Crippen LogP contribution in [0.25, 0.3) is 0 Å². The molecule has 2 aromatic rings. The Morgan fingerprint density at radius 1 is 1.00 bits per heavy atom. The van der Waals surface area contributed by atoms with Gasteiger partial charge in [0, 0.05) is 0 Å². The van der Waals surface area contributed by atoms with E-state index >= 15 is 0 Å². The lowest BCUT2D eigenvalue weighted by Gasteiger charge is -2.13. The zero-order valence-electron chi connectivity index (χ0n) is 14.4. The van der Waals surface area contributed by atoms with Crippen molar-refractivity contribution in [2.75, 3.05) is 6.61 Å². The van der Waals surface area contributed by atoms with Crippen LogP contribution >= 0.6 is 0 Å². The van der Waals surface area contributed by atoms with E-state index in [2.05, 4.69) is 0 Å². The summed E-state index contributed by atoms with van der Waals surface area (Å²) in [4.78, 5) is 41.9. The summed E-state index contributed by atoms with van der Waals surface area (Å²) in [5.41, 5.74) is 1.72. The molecule has 0 spiro atoms. The topological polar surface area (TPSA) is 72.9 Å². The Kier molecular flexibility index (Phi) is 5.43. The van der Waals surface area contributed by atoms with Crippen LogP contribution in [0.2, 0.25) is 0 Å². The van der Waals surface area contributed by atoms with Gasteiger partial charge in [0.25, 0.3) is 11.8 Å². The smallest absolute Gasteiger partial charge is 0.338 e. The van der Waals surface area contributed by atoms with E-state index < -0.39 is 17.8 Å². The average Bonchev–Trinajstić information content (AvgIpc) is 2.91. The molecule has 0 saturated heterocycles. The molecule has 0 saturated carbocycles. The molecule has 0 bridgehead atoms. The highest BCUT2D eigenvalue weighted by Crippen LogP contribution is 2.23. The Bertz CT molecular complexity index is 811. The molecule has 0 atom stereocenters. The highest BCUT2D eigenvalue weighted by atomic mass is 16.7. The summed E-state index contributed by atoms with van der Waals surface area (Å²) in [6, 6.07) is 13.3. The zero-order chi connectivity index (χ0) is 18.5. The summed E-state index contributed by atoms with van der Waals surface area (Å²) in [6.45, 7) is 2.39. The van der Waals surface area contributed by atoms with Crippen LogP contribution in [0.4, 0.5) is 0 Å². The van der Waals surface area contributed by atoms with Crippen molar-refractivity contribution >= 4 is 17.8 Å². The Hall–Kier alpha value is -2.99. The highest BCUT2D eigenvalue weighted by molar-refractivity contribution is 6.20. The fourth-order valence-electron chi connectivity index (χ4n) is 2.60. The fraction of sp³-hybridized carbons (Fsp3) is 0.250. The monoisotopic (exact) mass is 353 g/mol. The number of benzene rings is 2. The molecule has 6 nitrogen and oxygen atoms in total. The minimum atomic E-state index is -0.485. The molecule has 0 unspecified atom stereocenters. The molecule has 1 aliphatic rings. The fourth-order valence-corrected chi connectivity index (χ4v) is 2.60. The lowest BCUT2D eigenvalue weighted by atomic mass is 10.1. The van der Waals surface area contributed by atoms with E-state index in [9.17, 15) is 14.4 Å². The van der Waals surface area contributed by atoms with Crippen LogP contribution in [0, 0.1) is 0 Å². The summed E-state index contributed by atoms with van der Waals surface area (Å²) in [5, 5.41) is 0.761. The lowest BCUT2D eigenvalue weighted by molar-refractivity contribution is -0.101. The first-order valence-corrected chi connectivity index (χ1v) is 8.48. The van der Waals surface area contributed by atoms with Crippen LogP contribution in [-0.2, 0) is 16.2 Å². The van der Waals surface area contributed by atoms with E-state index in [4.69, 9.17) is 9.57 Å². The minimum Gasteiger partial charge on any atom is -0.462 e. The SMILES string of the molecule is CCCCOC(=O)c1cccc(CON2C(=O)c3ccccc3C2=O)c1. The first-order valence-electron chi connectivity index (χ1n) is 8.48. The normalized spacial score (nSPS) is 13.0. The molecular formula is C20H19NO5. The lowest BCUT2D eigenvalue weighted by Crippen LogP contribution is -2.29. The van der Waals surface area contributed by atoms with Gasteiger partial charge < -0.3 is 4.74 Å². The molecule has 3 rings (SSSR count). The number of rotatable bonds is 7. The molecule has 1 aliphatic heterocycles. The third-order valence-electron chi connectivity index (χ3n) is 4.01. The van der Waals surface area contributed by atoms with E-state index in [0.29, 0.717) is 28.9 Å². The first-order chi connectivity index (χ1) is 12.6. The van der Waals surface area contributed by atoms with Gasteiger partial charge in [0.2, 0.25) is 0 Å². The number of carbonyl (C=O) groups is 3. The molecule has 0 aromatic heterocycles. The van der Waals surface area contributed by atoms with E-state index in [0.717, 1.165) is 17.9 Å². The summed E-state index contributed by atoms with van der Waals surface area (Å²) in [7, 11) is 0. The van der Waals surface area contributed by atoms with E-state index in [1.807, 2.05) is 6.92 Å². The summed E-state index contributed by atoms with van der Waals surface area (Å²) >= 11 is 0. The maximum absolute atomic E-state index is 12.3. The average molecular weight is 353 g/mol. The molecule has 2 aromatic carbocycles. The Balaban J connectivity index is 1.64. The largest absolute Gasteiger partial charge is 0.462 e. The standard InChI is InChI=1S/C20H19NO5/c1-2-3-11-25-20(24)15-8-6-7-14(12-15)13-26-21-18(22)16-9-4-5-10-17(16)19(21)23/h4-10,12H,2-3,11,13H2,1H3. The van der Waals surface area contributed by atoms with Gasteiger partial charge in [-0.2, -0.15) is 0 Å². The second-order valence-corrected chi connectivity index (χ2v) is 5.91. The van der Waals surface area contributed by atoms with Crippen LogP contribution in [0.15, 0.2) is 48.5 Å². The summed E-state index contributed by atoms with van der Waals surface area (Å²) < 4.78 is 5.18. The number of amides is 2. The number of hydrogen-bond donors (Lipinski definition) is 0. The zero-order valence-corrected chi connectivity index (χ0v) is 14.4. The number of esters is 1. The minimum absolute atomic E-state index is 0.0124. The van der Waals surface area contributed by atoms with Crippen molar-refractivity contribution < 1.29 is 24.0 Å². The maximum atomic E-state index is 12.3. The van der Waals surface area contributed by atoms with Gasteiger partial charge in [0.1, 0.15) is 6.61 Å². The van der Waals surface area contributed by atoms with Gasteiger partial charge in [-0.25, -0.2) is 4.79 Å². The molecular weight excluding hydrogens is 334 g/mol. The number of unbranched alkanes of at least 4 members (excludes halogenated alkanes) is 1. The van der Waals surface area contributed by atoms with Crippen LogP contribution in [0.1, 0.15) is 56.4 Å². The molecule has 0 radical (unpaired) electrons. The van der Waals surface area contributed by atoms with Crippen molar-refractivity contribution in [3.05, 3.63) is 70.8 Å². The van der Waals surface area contributed by atoms with Gasteiger partial charge in [-0.15, -0.1) is 5.06 Å². The van der Waals surface area contributed by atoms with E-state index in [1.54, 1.807) is 48.5 Å². The molecule has 134 valence electrons. The van der Waals surface area contributed by atoms with E-state index in [1.165, 1.54) is 0 Å². The van der Waals surface area contributed by atoms with Gasteiger partial charge in [0.15, 0.2) is 0 Å². The molecule has 6 heteroatoms. The van der Waals surface area contributed by atoms with E-state index in [-0.39, 0.29) is 6.61 Å². The van der Waals surface area contributed by atoms with Crippen molar-refractivity contribution in [2.45, 2.75) is 26.4 Å². The number of fused-ring (bicyclic) bond motifs is 1. The summed E-state index contributed by atoms with van der Waals surface area (Å²) in [5.74, 6) is -1.37. The second kappa shape index (κ2) is 7.93. The highest BCUT2D eigenvalue weighted by Gasteiger charge is 2.36. The molecule has 2 amide bonds. The van der Waals surface area contributed by atoms with Gasteiger partial charge in [-0.3, -0.25) is 14.4 Å². The molecule has 26 heavy (non-hydrogen) atoms. The molecule has 0 aliphatic carbocycles. The Morgan fingerprint density at radius 3 is 2.35 bits per heavy atom. The number of imide groups is 1. The van der Waals surface area contributed by atoms with Crippen LogP contribution in [0.3, 0.4) is 0 Å². The van der Waals surface area contributed by atoms with Crippen LogP contribution in [-0.4, -0.2) is 29.5 Å². The predicted molar refractivity (Wildman–Crippen MR) is 93.4 cm³/mol. The number of ether oxygens (including phenoxy) is 1. The van der Waals surface area contributed by atoms with Crippen molar-refractivity contribution in [3.63, 3.8) is 0 Å². The number of nitrogens with zero attached hydrogens (tertiary/aromatic N) is 1. The Labute approximate surface area is 151 Å². The Morgan fingerprint density at radius 2 is 1.69 bits per heavy atom. The van der Waals surface area contributed by atoms with Crippen LogP contribution < -0.4 is 0 Å². The third-order valence-corrected chi connectivity index (χ3v) is 4.01. The van der Waals surface area contributed by atoms with Crippen molar-refractivity contribution in [2.24, 2.45) is 0 Å². The number of hydrogen-bond acceptors (Lipinski definition) is 5. The first kappa shape index (κ1) is 17.8. The van der Waals surface area contributed by atoms with Crippen molar-refractivity contribution in [3.8, 4) is 0 Å². The van der Waals surface area contributed by atoms with Crippen molar-refractivity contribution in [1.29, 1.82) is 0 Å². The quantitative estimate of drug-likeness (QED) is 0.433. The molecule has 1 heterocycles. The second-order valence-electron chi connectivity index (χ2n) is 5.91. The molecule has 0 N–H and O–H groups in total. The van der Waals surface area contributed by atoms with Gasteiger partial charge in [-0.05, 0) is 36.2 Å². The maximum Gasteiger partial charge on any atom is 0.338 e. The number of carbonyl (C=O) groups excluding carboxylic acids is 3. The summed E-state index contributed by atoms with van der Waals surface area (Å²) in [6.07, 6.45) is 1.76. The van der Waals surface area contributed by atoms with Gasteiger partial charge in [-0.1, -0.05) is 37.6 Å². The van der Waals surface area contributed by atoms with Gasteiger partial charge in [0.05, 0.1) is 23.3 Å². The van der Waals surface area contributed by atoms with Gasteiger partial charge >= 0.3 is 5.97 Å².